The fourth-order valence-electron chi connectivity index (χ4n) is 6.80. The maximum atomic E-state index is 12.8. The van der Waals surface area contributed by atoms with Gasteiger partial charge in [-0.25, -0.2) is 0 Å². The lowest BCUT2D eigenvalue weighted by molar-refractivity contribution is 0.0975. The molecule has 43 heavy (non-hydrogen) atoms. The van der Waals surface area contributed by atoms with E-state index in [0.717, 1.165) is 36.3 Å². The number of rotatable bonds is 11. The Hall–Kier alpha value is -3.33. The van der Waals surface area contributed by atoms with Crippen LogP contribution < -0.4 is 0 Å². The number of nitrogens with zero attached hydrogens (tertiary/aromatic N) is 1. The van der Waals surface area contributed by atoms with E-state index in [4.69, 9.17) is 5.41 Å². The molecule has 1 N–H and O–H groups in total. The van der Waals surface area contributed by atoms with Crippen LogP contribution in [0, 0.1) is 43.9 Å². The second-order valence-electron chi connectivity index (χ2n) is 12.1. The van der Waals surface area contributed by atoms with E-state index in [2.05, 4.69) is 94.6 Å². The Labute approximate surface area is 264 Å². The molecule has 0 bridgehead atoms. The first-order valence-electron chi connectivity index (χ1n) is 16.4. The number of carbonyl (C=O) groups is 1. The number of nitrogens with one attached hydrogen (secondary N) is 1. The van der Waals surface area contributed by atoms with Crippen LogP contribution in [0.5, 0.6) is 0 Å². The van der Waals surface area contributed by atoms with E-state index in [9.17, 15) is 4.79 Å². The maximum absolute atomic E-state index is 12.8. The van der Waals surface area contributed by atoms with Gasteiger partial charge in [-0.1, -0.05) is 101 Å². The van der Waals surface area contributed by atoms with Crippen LogP contribution in [0.1, 0.15) is 123 Å². The predicted octanol–water partition coefficient (Wildman–Crippen LogP) is 11.4. The van der Waals surface area contributed by atoms with Crippen molar-refractivity contribution in [3.8, 4) is 0 Å². The minimum Gasteiger partial charge on any atom is -0.317 e. The summed E-state index contributed by atoms with van der Waals surface area (Å²) in [6, 6.07) is 17.4. The van der Waals surface area contributed by atoms with Crippen molar-refractivity contribution in [3.05, 3.63) is 106 Å². The van der Waals surface area contributed by atoms with Gasteiger partial charge in [0, 0.05) is 25.8 Å². The highest BCUT2D eigenvalue weighted by atomic mass is 16.1. The topological polar surface area (TPSA) is 53.8 Å². The first kappa shape index (κ1) is 35.9. The molecule has 3 heteroatoms. The lowest BCUT2D eigenvalue weighted by Gasteiger charge is -2.28. The molecule has 234 valence electrons. The zero-order valence-corrected chi connectivity index (χ0v) is 27.8. The van der Waals surface area contributed by atoms with Crippen LogP contribution in [-0.4, -0.2) is 17.5 Å². The highest BCUT2D eigenvalue weighted by Crippen LogP contribution is 2.41. The van der Waals surface area contributed by atoms with Crippen molar-refractivity contribution in [1.29, 1.82) is 5.41 Å². The van der Waals surface area contributed by atoms with Crippen LogP contribution in [0.3, 0.4) is 0 Å². The number of benzene rings is 2. The summed E-state index contributed by atoms with van der Waals surface area (Å²) in [7, 11) is 0. The second-order valence-corrected chi connectivity index (χ2v) is 12.1. The average Bonchev–Trinajstić information content (AvgIpc) is 3.29. The Morgan fingerprint density at radius 1 is 0.977 bits per heavy atom. The van der Waals surface area contributed by atoms with Crippen LogP contribution in [0.2, 0.25) is 0 Å². The molecule has 4 rings (SSSR count). The molecule has 1 aromatic heterocycles. The monoisotopic (exact) mass is 582 g/mol. The van der Waals surface area contributed by atoms with Gasteiger partial charge in [0.25, 0.3) is 0 Å². The van der Waals surface area contributed by atoms with Gasteiger partial charge in [-0.15, -0.1) is 0 Å². The lowest BCUT2D eigenvalue weighted by Crippen LogP contribution is -2.17. The fourth-order valence-corrected chi connectivity index (χ4v) is 6.80. The van der Waals surface area contributed by atoms with Crippen molar-refractivity contribution in [2.45, 2.75) is 105 Å². The molecule has 4 atom stereocenters. The molecular formula is C40H58N2O. The van der Waals surface area contributed by atoms with E-state index < -0.39 is 0 Å². The van der Waals surface area contributed by atoms with Gasteiger partial charge in [0.15, 0.2) is 5.78 Å². The first-order valence-corrected chi connectivity index (χ1v) is 16.4. The predicted molar refractivity (Wildman–Crippen MR) is 189 cm³/mol. The summed E-state index contributed by atoms with van der Waals surface area (Å²) >= 11 is 0. The Balaban J connectivity index is 0.00000186. The number of pyridine rings is 1. The van der Waals surface area contributed by atoms with Gasteiger partial charge in [-0.05, 0) is 117 Å². The fraction of sp³-hybridized carbons (Fsp3) is 0.475. The third-order valence-electron chi connectivity index (χ3n) is 9.37. The number of hydrogen-bond donors (Lipinski definition) is 1. The Kier molecular flexibility index (Phi) is 15.9. The summed E-state index contributed by atoms with van der Waals surface area (Å²) in [4.78, 5) is 17.3. The quantitative estimate of drug-likeness (QED) is 0.139. The number of aryl methyl sites for hydroxylation is 3. The molecule has 1 heterocycles. The molecule has 2 aromatic carbocycles. The third-order valence-corrected chi connectivity index (χ3v) is 9.37. The molecule has 3 aromatic rings. The molecule has 0 saturated heterocycles. The number of aromatic nitrogens is 1. The summed E-state index contributed by atoms with van der Waals surface area (Å²) in [5, 5.41) is 5.50. The zero-order valence-electron chi connectivity index (χ0n) is 27.8. The molecule has 1 fully saturated rings. The third kappa shape index (κ3) is 10.7. The van der Waals surface area contributed by atoms with Crippen molar-refractivity contribution in [1.82, 2.24) is 4.98 Å². The average molecular weight is 583 g/mol. The summed E-state index contributed by atoms with van der Waals surface area (Å²) in [5.41, 5.74) is 8.58. The second kappa shape index (κ2) is 19.1. The molecule has 1 saturated carbocycles. The van der Waals surface area contributed by atoms with Gasteiger partial charge < -0.3 is 5.41 Å². The lowest BCUT2D eigenvalue weighted by atomic mass is 9.77. The Morgan fingerprint density at radius 3 is 2.30 bits per heavy atom. The number of carbonyl (C=O) groups excluding carboxylic acids is 1. The number of ketones is 1. The zero-order chi connectivity index (χ0) is 31.8. The largest absolute Gasteiger partial charge is 0.317 e. The molecule has 1 aliphatic carbocycles. The van der Waals surface area contributed by atoms with E-state index in [1.54, 1.807) is 0 Å². The molecule has 0 radical (unpaired) electrons. The highest BCUT2D eigenvalue weighted by molar-refractivity contribution is 5.97. The van der Waals surface area contributed by atoms with Crippen molar-refractivity contribution in [2.75, 3.05) is 0 Å². The maximum Gasteiger partial charge on any atom is 0.163 e. The van der Waals surface area contributed by atoms with Gasteiger partial charge in [-0.3, -0.25) is 9.78 Å². The van der Waals surface area contributed by atoms with Gasteiger partial charge in [0.2, 0.25) is 0 Å². The minimum absolute atomic E-state index is 0. The molecule has 0 aliphatic heterocycles. The van der Waals surface area contributed by atoms with E-state index in [-0.39, 0.29) is 1.43 Å². The van der Waals surface area contributed by atoms with E-state index in [0.29, 0.717) is 30.0 Å². The van der Waals surface area contributed by atoms with Gasteiger partial charge in [0.1, 0.15) is 0 Å². The van der Waals surface area contributed by atoms with Gasteiger partial charge >= 0.3 is 0 Å². The molecule has 3 nitrogen and oxygen atoms in total. The minimum atomic E-state index is 0. The van der Waals surface area contributed by atoms with Crippen molar-refractivity contribution in [3.63, 3.8) is 0 Å². The van der Waals surface area contributed by atoms with Gasteiger partial charge in [-0.2, -0.15) is 0 Å². The van der Waals surface area contributed by atoms with E-state index in [1.807, 2.05) is 32.2 Å². The van der Waals surface area contributed by atoms with E-state index in [1.165, 1.54) is 59.9 Å². The summed E-state index contributed by atoms with van der Waals surface area (Å²) in [6.07, 6.45) is 16.2. The normalized spacial score (nSPS) is 17.6. The van der Waals surface area contributed by atoms with E-state index >= 15 is 0 Å². The van der Waals surface area contributed by atoms with Crippen LogP contribution in [-0.2, 0) is 6.42 Å². The molecule has 3 unspecified atom stereocenters. The van der Waals surface area contributed by atoms with Crippen LogP contribution in [0.25, 0.3) is 6.08 Å². The summed E-state index contributed by atoms with van der Waals surface area (Å²) in [5.74, 6) is 2.92. The van der Waals surface area contributed by atoms with Crippen LogP contribution in [0.4, 0.5) is 0 Å². The first-order chi connectivity index (χ1) is 20.9. The summed E-state index contributed by atoms with van der Waals surface area (Å²) in [6.45, 7) is 19.2. The number of hydrogen-bond acceptors (Lipinski definition) is 3. The van der Waals surface area contributed by atoms with Crippen LogP contribution >= 0.6 is 0 Å². The molecule has 0 amide bonds. The van der Waals surface area contributed by atoms with Gasteiger partial charge in [0.05, 0.1) is 0 Å². The molecular weight excluding hydrogens is 524 g/mol. The van der Waals surface area contributed by atoms with Crippen molar-refractivity contribution in [2.24, 2.45) is 17.8 Å². The number of Topliss-reactive ketones (excluding diaryl/α,β-unsaturated/α-hetero) is 1. The summed E-state index contributed by atoms with van der Waals surface area (Å²) < 4.78 is 0. The Bertz CT molecular complexity index is 1270. The van der Waals surface area contributed by atoms with Crippen LogP contribution in [0.15, 0.2) is 67.5 Å². The highest BCUT2D eigenvalue weighted by Gasteiger charge is 2.29. The smallest absolute Gasteiger partial charge is 0.163 e. The Morgan fingerprint density at radius 2 is 1.65 bits per heavy atom. The molecule has 1 aliphatic rings. The van der Waals surface area contributed by atoms with Crippen molar-refractivity contribution < 1.29 is 6.22 Å². The van der Waals surface area contributed by atoms with Crippen molar-refractivity contribution >= 4 is 18.6 Å². The molecule has 0 spiro atoms. The standard InChI is InChI=1S/C37H47NO.C2H6.CH3N.H2/c1-6-30-14-16-33(17-15-30)36(24-34-25-38-22-21-28(34)4)32-11-8-10-31(18-19-32)27(3)9-7-12-37(39)35-20-13-26(2)23-29(35)5;2*1-2;/h6,13-17,20-23,25,27,31-32,36H,1,7-12,18-19,24H2,2-5H3;1-2H3;2H,1H2;1H/t27-,31?,32?,36?;;;/m1.../s1. The SMILES string of the molecule is C=Cc1ccc(C(Cc2cnccc2C)C2CCCC([C@H](C)CCCC(=O)c3ccc(C)cc3C)CC2)cc1.C=N.CC.[HH].